The lowest BCUT2D eigenvalue weighted by molar-refractivity contribution is -0.138. The van der Waals surface area contributed by atoms with Crippen LogP contribution in [0.2, 0.25) is 0 Å². The SMILES string of the molecule is COC1CCCC(OCC(=O)N(C)CCCN)C1. The molecule has 0 radical (unpaired) electrons. The third-order valence-electron chi connectivity index (χ3n) is 3.48. The highest BCUT2D eigenvalue weighted by atomic mass is 16.5. The first kappa shape index (κ1) is 15.4. The molecule has 0 aromatic heterocycles. The first-order valence-corrected chi connectivity index (χ1v) is 6.75. The van der Waals surface area contributed by atoms with Crippen LogP contribution in [0.5, 0.6) is 0 Å². The van der Waals surface area contributed by atoms with E-state index in [0.717, 1.165) is 32.1 Å². The Balaban J connectivity index is 2.21. The number of amides is 1. The molecule has 5 heteroatoms. The van der Waals surface area contributed by atoms with E-state index in [0.29, 0.717) is 13.1 Å². The van der Waals surface area contributed by atoms with Gasteiger partial charge in [-0.25, -0.2) is 0 Å². The van der Waals surface area contributed by atoms with E-state index in [4.69, 9.17) is 15.2 Å². The van der Waals surface area contributed by atoms with Crippen LogP contribution in [0, 0.1) is 0 Å². The van der Waals surface area contributed by atoms with Crippen molar-refractivity contribution >= 4 is 5.91 Å². The summed E-state index contributed by atoms with van der Waals surface area (Å²) in [5.74, 6) is 0.0305. The average molecular weight is 258 g/mol. The summed E-state index contributed by atoms with van der Waals surface area (Å²) in [5.41, 5.74) is 5.42. The predicted molar refractivity (Wildman–Crippen MR) is 70.3 cm³/mol. The van der Waals surface area contributed by atoms with Gasteiger partial charge in [0.25, 0.3) is 0 Å². The standard InChI is InChI=1S/C13H26N2O3/c1-15(8-4-7-14)13(16)10-18-12-6-3-5-11(9-12)17-2/h11-12H,3-10,14H2,1-2H3. The average Bonchev–Trinajstić information content (AvgIpc) is 2.42. The van der Waals surface area contributed by atoms with Gasteiger partial charge in [0.1, 0.15) is 6.61 Å². The van der Waals surface area contributed by atoms with Gasteiger partial charge in [-0.3, -0.25) is 4.79 Å². The Morgan fingerprint density at radius 3 is 2.78 bits per heavy atom. The summed E-state index contributed by atoms with van der Waals surface area (Å²) in [4.78, 5) is 13.5. The third kappa shape index (κ3) is 5.33. The van der Waals surface area contributed by atoms with E-state index in [1.165, 1.54) is 0 Å². The summed E-state index contributed by atoms with van der Waals surface area (Å²) < 4.78 is 11.0. The van der Waals surface area contributed by atoms with E-state index in [2.05, 4.69) is 0 Å². The van der Waals surface area contributed by atoms with Crippen LogP contribution in [0.1, 0.15) is 32.1 Å². The van der Waals surface area contributed by atoms with E-state index in [-0.39, 0.29) is 24.7 Å². The van der Waals surface area contributed by atoms with Crippen molar-refractivity contribution in [2.24, 2.45) is 5.73 Å². The number of nitrogens with two attached hydrogens (primary N) is 1. The quantitative estimate of drug-likeness (QED) is 0.732. The van der Waals surface area contributed by atoms with Crippen LogP contribution in [0.3, 0.4) is 0 Å². The van der Waals surface area contributed by atoms with E-state index in [1.807, 2.05) is 0 Å². The number of likely N-dealkylation sites (N-methyl/N-ethyl adjacent to an activating group) is 1. The van der Waals surface area contributed by atoms with Gasteiger partial charge < -0.3 is 20.1 Å². The molecular formula is C13H26N2O3. The smallest absolute Gasteiger partial charge is 0.248 e. The Bertz CT molecular complexity index is 248. The third-order valence-corrected chi connectivity index (χ3v) is 3.48. The van der Waals surface area contributed by atoms with E-state index >= 15 is 0 Å². The molecule has 1 aliphatic carbocycles. The second-order valence-corrected chi connectivity index (χ2v) is 4.91. The van der Waals surface area contributed by atoms with Gasteiger partial charge >= 0.3 is 0 Å². The lowest BCUT2D eigenvalue weighted by atomic mass is 9.95. The van der Waals surface area contributed by atoms with Crippen molar-refractivity contribution < 1.29 is 14.3 Å². The monoisotopic (exact) mass is 258 g/mol. The van der Waals surface area contributed by atoms with Gasteiger partial charge in [-0.1, -0.05) is 0 Å². The maximum Gasteiger partial charge on any atom is 0.248 e. The van der Waals surface area contributed by atoms with Crippen LogP contribution in [0.25, 0.3) is 0 Å². The highest BCUT2D eigenvalue weighted by Crippen LogP contribution is 2.22. The molecule has 0 aliphatic heterocycles. The molecule has 1 aliphatic rings. The first-order chi connectivity index (χ1) is 8.67. The number of rotatable bonds is 7. The molecule has 2 unspecified atom stereocenters. The molecule has 0 bridgehead atoms. The van der Waals surface area contributed by atoms with Crippen molar-refractivity contribution in [2.75, 3.05) is 33.9 Å². The lowest BCUT2D eigenvalue weighted by Crippen LogP contribution is -2.35. The maximum atomic E-state index is 11.8. The first-order valence-electron chi connectivity index (χ1n) is 6.75. The molecule has 5 nitrogen and oxygen atoms in total. The van der Waals surface area contributed by atoms with Crippen LogP contribution in [-0.2, 0) is 14.3 Å². The van der Waals surface area contributed by atoms with Crippen molar-refractivity contribution in [3.63, 3.8) is 0 Å². The Morgan fingerprint density at radius 1 is 1.39 bits per heavy atom. The number of hydrogen-bond donors (Lipinski definition) is 1. The molecule has 0 aromatic rings. The number of methoxy groups -OCH3 is 1. The van der Waals surface area contributed by atoms with Crippen LogP contribution in [0.4, 0.5) is 0 Å². The molecule has 0 saturated heterocycles. The zero-order valence-corrected chi connectivity index (χ0v) is 11.6. The molecular weight excluding hydrogens is 232 g/mol. The Kier molecular flexibility index (Phi) is 7.23. The molecule has 1 amide bonds. The number of hydrogen-bond acceptors (Lipinski definition) is 4. The zero-order valence-electron chi connectivity index (χ0n) is 11.6. The van der Waals surface area contributed by atoms with E-state index < -0.39 is 0 Å². The predicted octanol–water partition coefficient (Wildman–Crippen LogP) is 0.768. The Labute approximate surface area is 110 Å². The number of carbonyl (C=O) groups is 1. The molecule has 1 fully saturated rings. The van der Waals surface area contributed by atoms with Crippen LogP contribution < -0.4 is 5.73 Å². The summed E-state index contributed by atoms with van der Waals surface area (Å²) in [6.07, 6.45) is 5.42. The fraction of sp³-hybridized carbons (Fsp3) is 0.923. The normalized spacial score (nSPS) is 23.9. The van der Waals surface area contributed by atoms with Gasteiger partial charge in [-0.05, 0) is 38.6 Å². The number of ether oxygens (including phenoxy) is 2. The maximum absolute atomic E-state index is 11.8. The van der Waals surface area contributed by atoms with Crippen LogP contribution >= 0.6 is 0 Å². The molecule has 1 rings (SSSR count). The molecule has 106 valence electrons. The topological polar surface area (TPSA) is 64.8 Å². The van der Waals surface area contributed by atoms with Gasteiger partial charge in [0.05, 0.1) is 12.2 Å². The Morgan fingerprint density at radius 2 is 2.11 bits per heavy atom. The summed E-state index contributed by atoms with van der Waals surface area (Å²) in [5, 5.41) is 0. The minimum atomic E-state index is 0.0305. The van der Waals surface area contributed by atoms with Crippen molar-refractivity contribution in [2.45, 2.75) is 44.3 Å². The van der Waals surface area contributed by atoms with E-state index in [9.17, 15) is 4.79 Å². The van der Waals surface area contributed by atoms with Gasteiger partial charge in [0.2, 0.25) is 5.91 Å². The van der Waals surface area contributed by atoms with Crippen molar-refractivity contribution in [1.29, 1.82) is 0 Å². The summed E-state index contributed by atoms with van der Waals surface area (Å²) >= 11 is 0. The second kappa shape index (κ2) is 8.45. The molecule has 2 atom stereocenters. The summed E-state index contributed by atoms with van der Waals surface area (Å²) in [6.45, 7) is 1.48. The number of carbonyl (C=O) groups excluding carboxylic acids is 1. The molecule has 1 saturated carbocycles. The van der Waals surface area contributed by atoms with Gasteiger partial charge in [-0.15, -0.1) is 0 Å². The fourth-order valence-electron chi connectivity index (χ4n) is 2.22. The van der Waals surface area contributed by atoms with Crippen molar-refractivity contribution in [1.82, 2.24) is 4.90 Å². The highest BCUT2D eigenvalue weighted by Gasteiger charge is 2.23. The molecule has 0 aromatic carbocycles. The Hall–Kier alpha value is -0.650. The minimum absolute atomic E-state index is 0.0305. The summed E-state index contributed by atoms with van der Waals surface area (Å²) in [7, 11) is 3.53. The molecule has 2 N–H and O–H groups in total. The van der Waals surface area contributed by atoms with Crippen molar-refractivity contribution in [3.8, 4) is 0 Å². The van der Waals surface area contributed by atoms with Gasteiger partial charge in [0, 0.05) is 20.7 Å². The fourth-order valence-corrected chi connectivity index (χ4v) is 2.22. The second-order valence-electron chi connectivity index (χ2n) is 4.91. The van der Waals surface area contributed by atoms with Crippen LogP contribution in [0.15, 0.2) is 0 Å². The zero-order chi connectivity index (χ0) is 13.4. The van der Waals surface area contributed by atoms with Crippen molar-refractivity contribution in [3.05, 3.63) is 0 Å². The van der Waals surface area contributed by atoms with E-state index in [1.54, 1.807) is 19.1 Å². The summed E-state index contributed by atoms with van der Waals surface area (Å²) in [6, 6.07) is 0. The van der Waals surface area contributed by atoms with Gasteiger partial charge in [0.15, 0.2) is 0 Å². The lowest BCUT2D eigenvalue weighted by Gasteiger charge is -2.28. The molecule has 18 heavy (non-hydrogen) atoms. The molecule has 0 spiro atoms. The molecule has 0 heterocycles. The number of nitrogens with zero attached hydrogens (tertiary/aromatic N) is 1. The highest BCUT2D eigenvalue weighted by molar-refractivity contribution is 5.77. The van der Waals surface area contributed by atoms with Gasteiger partial charge in [-0.2, -0.15) is 0 Å². The minimum Gasteiger partial charge on any atom is -0.381 e. The largest absolute Gasteiger partial charge is 0.381 e. The van der Waals surface area contributed by atoms with Crippen LogP contribution in [-0.4, -0.2) is 56.9 Å².